The number of halogens is 1. The highest BCUT2D eigenvalue weighted by Gasteiger charge is 2.26. The van der Waals surface area contributed by atoms with E-state index in [4.69, 9.17) is 11.6 Å². The molecule has 6 nitrogen and oxygen atoms in total. The van der Waals surface area contributed by atoms with Gasteiger partial charge >= 0.3 is 11.8 Å². The molecule has 0 aliphatic carbocycles. The second-order valence-electron chi connectivity index (χ2n) is 5.51. The summed E-state index contributed by atoms with van der Waals surface area (Å²) in [5.41, 5.74) is 1.84. The Morgan fingerprint density at radius 1 is 1.25 bits per heavy atom. The maximum atomic E-state index is 12.3. The molecule has 126 valence electrons. The molecule has 1 N–H and O–H groups in total. The monoisotopic (exact) mass is 364 g/mol. The normalized spacial score (nSPS) is 14.6. The minimum Gasteiger partial charge on any atom is -0.368 e. The molecule has 0 saturated carbocycles. The quantitative estimate of drug-likeness (QED) is 0.831. The number of carbonyl (C=O) groups is 2. The summed E-state index contributed by atoms with van der Waals surface area (Å²) < 4.78 is 0. The van der Waals surface area contributed by atoms with Gasteiger partial charge in [0.1, 0.15) is 0 Å². The van der Waals surface area contributed by atoms with Gasteiger partial charge < -0.3 is 9.80 Å². The summed E-state index contributed by atoms with van der Waals surface area (Å²) in [6.07, 6.45) is 0. The first-order valence-corrected chi connectivity index (χ1v) is 8.81. The summed E-state index contributed by atoms with van der Waals surface area (Å²) in [5.74, 6) is -1.16. The second-order valence-corrected chi connectivity index (χ2v) is 6.80. The van der Waals surface area contributed by atoms with Gasteiger partial charge in [0.25, 0.3) is 0 Å². The van der Waals surface area contributed by atoms with Gasteiger partial charge in [0, 0.05) is 42.3 Å². The second kappa shape index (κ2) is 7.19. The Labute approximate surface area is 149 Å². The number of aromatic nitrogens is 1. The van der Waals surface area contributed by atoms with Crippen molar-refractivity contribution in [1.29, 1.82) is 0 Å². The molecule has 1 saturated heterocycles. The van der Waals surface area contributed by atoms with Crippen molar-refractivity contribution in [3.63, 3.8) is 0 Å². The van der Waals surface area contributed by atoms with Crippen molar-refractivity contribution in [2.45, 2.75) is 6.92 Å². The summed E-state index contributed by atoms with van der Waals surface area (Å²) in [6.45, 7) is 4.15. The molecule has 8 heteroatoms. The Morgan fingerprint density at radius 3 is 2.62 bits per heavy atom. The Bertz CT molecular complexity index is 756. The molecule has 0 radical (unpaired) electrons. The van der Waals surface area contributed by atoms with E-state index in [-0.39, 0.29) is 0 Å². The number of anilines is 2. The van der Waals surface area contributed by atoms with Crippen molar-refractivity contribution in [1.82, 2.24) is 9.88 Å². The van der Waals surface area contributed by atoms with Crippen molar-refractivity contribution >= 4 is 45.6 Å². The molecule has 0 bridgehead atoms. The third kappa shape index (κ3) is 3.85. The highest BCUT2D eigenvalue weighted by molar-refractivity contribution is 7.14. The number of benzene rings is 1. The highest BCUT2D eigenvalue weighted by Crippen LogP contribution is 2.21. The molecule has 2 aromatic rings. The van der Waals surface area contributed by atoms with E-state index in [2.05, 4.69) is 15.2 Å². The zero-order valence-corrected chi connectivity index (χ0v) is 14.7. The molecule has 1 aromatic carbocycles. The number of carbonyl (C=O) groups excluding carboxylic acids is 2. The molecule has 0 atom stereocenters. The molecular formula is C16H17ClN4O2S. The summed E-state index contributed by atoms with van der Waals surface area (Å²) in [7, 11) is 0. The number of nitrogens with one attached hydrogen (secondary N) is 1. The molecule has 3 rings (SSSR count). The third-order valence-electron chi connectivity index (χ3n) is 3.77. The first-order valence-electron chi connectivity index (χ1n) is 7.56. The van der Waals surface area contributed by atoms with Crippen LogP contribution in [0.15, 0.2) is 29.6 Å². The first-order chi connectivity index (χ1) is 11.5. The third-order valence-corrected chi connectivity index (χ3v) is 4.88. The zero-order valence-electron chi connectivity index (χ0n) is 13.2. The lowest BCUT2D eigenvalue weighted by Gasteiger charge is -2.35. The Hall–Kier alpha value is -2.12. The predicted molar refractivity (Wildman–Crippen MR) is 95.7 cm³/mol. The van der Waals surface area contributed by atoms with E-state index < -0.39 is 11.8 Å². The molecule has 1 aliphatic rings. The van der Waals surface area contributed by atoms with Crippen molar-refractivity contribution in [2.24, 2.45) is 0 Å². The number of amides is 2. The molecule has 0 spiro atoms. The fourth-order valence-corrected chi connectivity index (χ4v) is 3.41. The van der Waals surface area contributed by atoms with Gasteiger partial charge in [0.05, 0.1) is 5.69 Å². The van der Waals surface area contributed by atoms with Gasteiger partial charge in [-0.15, -0.1) is 11.3 Å². The number of hydrogen-bond acceptors (Lipinski definition) is 5. The number of aryl methyl sites for hydroxylation is 1. The van der Waals surface area contributed by atoms with Crippen LogP contribution in [0, 0.1) is 6.92 Å². The van der Waals surface area contributed by atoms with Crippen molar-refractivity contribution in [3.05, 3.63) is 40.4 Å². The van der Waals surface area contributed by atoms with Crippen molar-refractivity contribution in [2.75, 3.05) is 36.4 Å². The van der Waals surface area contributed by atoms with Crippen LogP contribution in [-0.4, -0.2) is 47.9 Å². The standard InChI is InChI=1S/C16H17ClN4O2S/c1-11-10-24-16(18-11)19-14(22)15(23)21-7-5-20(6-8-21)13-4-2-3-12(17)9-13/h2-4,9-10H,5-8H2,1H3,(H,18,19,22). The van der Waals surface area contributed by atoms with E-state index in [1.165, 1.54) is 11.3 Å². The minimum atomic E-state index is -0.638. The Morgan fingerprint density at radius 2 is 2.00 bits per heavy atom. The van der Waals surface area contributed by atoms with Gasteiger partial charge in [-0.3, -0.25) is 14.9 Å². The first kappa shape index (κ1) is 16.7. The summed E-state index contributed by atoms with van der Waals surface area (Å²) >= 11 is 7.32. The number of rotatable bonds is 2. The van der Waals surface area contributed by atoms with E-state index in [1.54, 1.807) is 4.90 Å². The van der Waals surface area contributed by atoms with Crippen molar-refractivity contribution in [3.8, 4) is 0 Å². The number of nitrogens with zero attached hydrogens (tertiary/aromatic N) is 3. The Kier molecular flexibility index (Phi) is 5.01. The van der Waals surface area contributed by atoms with Gasteiger partial charge in [0.2, 0.25) is 0 Å². The van der Waals surface area contributed by atoms with Gasteiger partial charge in [-0.2, -0.15) is 0 Å². The van der Waals surface area contributed by atoms with E-state index >= 15 is 0 Å². The van der Waals surface area contributed by atoms with Gasteiger partial charge in [-0.25, -0.2) is 4.98 Å². The van der Waals surface area contributed by atoms with E-state index in [1.807, 2.05) is 36.6 Å². The number of hydrogen-bond donors (Lipinski definition) is 1. The molecule has 2 heterocycles. The number of piperazine rings is 1. The lowest BCUT2D eigenvalue weighted by molar-refractivity contribution is -0.143. The smallest absolute Gasteiger partial charge is 0.315 e. The maximum Gasteiger partial charge on any atom is 0.315 e. The fraction of sp³-hybridized carbons (Fsp3) is 0.312. The van der Waals surface area contributed by atoms with Crippen LogP contribution in [0.4, 0.5) is 10.8 Å². The SMILES string of the molecule is Cc1csc(NC(=O)C(=O)N2CCN(c3cccc(Cl)c3)CC2)n1. The average molecular weight is 365 g/mol. The highest BCUT2D eigenvalue weighted by atomic mass is 35.5. The van der Waals surface area contributed by atoms with Gasteiger partial charge in [-0.05, 0) is 25.1 Å². The minimum absolute atomic E-state index is 0.448. The van der Waals surface area contributed by atoms with Crippen LogP contribution in [0.5, 0.6) is 0 Å². The van der Waals surface area contributed by atoms with Crippen LogP contribution in [0.3, 0.4) is 0 Å². The fourth-order valence-electron chi connectivity index (χ4n) is 2.55. The summed E-state index contributed by atoms with van der Waals surface area (Å²) in [4.78, 5) is 32.2. The van der Waals surface area contributed by atoms with Crippen LogP contribution in [0.2, 0.25) is 5.02 Å². The van der Waals surface area contributed by atoms with E-state index in [9.17, 15) is 9.59 Å². The molecule has 0 unspecified atom stereocenters. The zero-order chi connectivity index (χ0) is 17.1. The lowest BCUT2D eigenvalue weighted by Crippen LogP contribution is -2.51. The van der Waals surface area contributed by atoms with Crippen LogP contribution in [0.25, 0.3) is 0 Å². The van der Waals surface area contributed by atoms with Crippen LogP contribution >= 0.6 is 22.9 Å². The average Bonchev–Trinajstić information content (AvgIpc) is 2.99. The molecule has 24 heavy (non-hydrogen) atoms. The predicted octanol–water partition coefficient (Wildman–Crippen LogP) is 2.39. The number of thiazole rings is 1. The van der Waals surface area contributed by atoms with Crippen molar-refractivity contribution < 1.29 is 9.59 Å². The van der Waals surface area contributed by atoms with Crippen LogP contribution in [0.1, 0.15) is 5.69 Å². The molecule has 1 aromatic heterocycles. The molecule has 2 amide bonds. The van der Waals surface area contributed by atoms with Gasteiger partial charge in [0.15, 0.2) is 5.13 Å². The lowest BCUT2D eigenvalue weighted by atomic mass is 10.2. The topological polar surface area (TPSA) is 65.5 Å². The van der Waals surface area contributed by atoms with Gasteiger partial charge in [-0.1, -0.05) is 17.7 Å². The molecular weight excluding hydrogens is 348 g/mol. The van der Waals surface area contributed by atoms with Crippen LogP contribution in [-0.2, 0) is 9.59 Å². The largest absolute Gasteiger partial charge is 0.368 e. The molecule has 1 aliphatic heterocycles. The summed E-state index contributed by atoms with van der Waals surface area (Å²) in [6, 6.07) is 7.62. The Balaban J connectivity index is 1.55. The molecule has 1 fully saturated rings. The summed E-state index contributed by atoms with van der Waals surface area (Å²) in [5, 5.41) is 5.51. The van der Waals surface area contributed by atoms with E-state index in [0.717, 1.165) is 11.4 Å². The van der Waals surface area contributed by atoms with Crippen LogP contribution < -0.4 is 10.2 Å². The van der Waals surface area contributed by atoms with E-state index in [0.29, 0.717) is 36.3 Å². The maximum absolute atomic E-state index is 12.3.